The number of benzene rings is 2. The van der Waals surface area contributed by atoms with E-state index in [1.165, 1.54) is 4.90 Å². The summed E-state index contributed by atoms with van der Waals surface area (Å²) in [5.41, 5.74) is 1.40. The number of hydrogen-bond acceptors (Lipinski definition) is 4. The highest BCUT2D eigenvalue weighted by Crippen LogP contribution is 2.39. The minimum atomic E-state index is -0.655. The van der Waals surface area contributed by atoms with E-state index in [2.05, 4.69) is 0 Å². The number of aliphatic hydroxyl groups excluding tert-OH is 1. The third-order valence-electron chi connectivity index (χ3n) is 5.01. The Bertz CT molecular complexity index is 933. The fourth-order valence-corrected chi connectivity index (χ4v) is 3.56. The number of amides is 1. The Morgan fingerprint density at radius 3 is 2.27 bits per heavy atom. The van der Waals surface area contributed by atoms with Gasteiger partial charge >= 0.3 is 0 Å². The minimum Gasteiger partial charge on any atom is -0.507 e. The Hall–Kier alpha value is -3.12. The van der Waals surface area contributed by atoms with Crippen LogP contribution in [-0.4, -0.2) is 55.0 Å². The van der Waals surface area contributed by atoms with Crippen molar-refractivity contribution in [2.75, 3.05) is 27.2 Å². The number of nitrogens with zero attached hydrogens (tertiary/aromatic N) is 1. The van der Waals surface area contributed by atoms with E-state index in [9.17, 15) is 14.7 Å². The molecule has 2 aromatic carbocycles. The van der Waals surface area contributed by atoms with E-state index in [0.717, 1.165) is 5.56 Å². The zero-order chi connectivity index (χ0) is 21.8. The summed E-state index contributed by atoms with van der Waals surface area (Å²) in [6, 6.07) is 15.6. The second-order valence-corrected chi connectivity index (χ2v) is 8.05. The van der Waals surface area contributed by atoms with Crippen LogP contribution in [0.4, 0.5) is 0 Å². The van der Waals surface area contributed by atoms with Crippen molar-refractivity contribution < 1.29 is 24.3 Å². The SMILES string of the molecule is CC(C)Oc1ccc(C(O)=C2C(=O)C(=O)N(CC[NH+](C)C)[C@H]2c2ccccc2)cc1. The molecular weight excluding hydrogens is 380 g/mol. The number of carbonyl (C=O) groups is 2. The summed E-state index contributed by atoms with van der Waals surface area (Å²) in [5.74, 6) is -0.724. The molecule has 2 aromatic rings. The first-order valence-corrected chi connectivity index (χ1v) is 10.2. The average molecular weight is 410 g/mol. The van der Waals surface area contributed by atoms with Gasteiger partial charge in [-0.1, -0.05) is 30.3 Å². The molecule has 0 radical (unpaired) electrons. The van der Waals surface area contributed by atoms with Gasteiger partial charge in [0.15, 0.2) is 0 Å². The summed E-state index contributed by atoms with van der Waals surface area (Å²) in [6.07, 6.45) is 0.0340. The lowest BCUT2D eigenvalue weighted by Gasteiger charge is -2.25. The molecule has 0 aliphatic carbocycles. The quantitative estimate of drug-likeness (QED) is 0.417. The third-order valence-corrected chi connectivity index (χ3v) is 5.01. The first-order valence-electron chi connectivity index (χ1n) is 10.2. The molecule has 3 rings (SSSR count). The maximum Gasteiger partial charge on any atom is 0.295 e. The number of ether oxygens (including phenoxy) is 1. The summed E-state index contributed by atoms with van der Waals surface area (Å²) >= 11 is 0. The van der Waals surface area contributed by atoms with Crippen LogP contribution < -0.4 is 9.64 Å². The number of rotatable bonds is 7. The molecule has 6 heteroatoms. The molecule has 0 aromatic heterocycles. The number of nitrogens with one attached hydrogen (secondary N) is 1. The summed E-state index contributed by atoms with van der Waals surface area (Å²) in [7, 11) is 3.99. The van der Waals surface area contributed by atoms with Crippen LogP contribution in [0.15, 0.2) is 60.2 Å². The van der Waals surface area contributed by atoms with E-state index in [4.69, 9.17) is 4.74 Å². The first-order chi connectivity index (χ1) is 14.3. The second kappa shape index (κ2) is 9.13. The van der Waals surface area contributed by atoms with E-state index in [1.807, 2.05) is 58.3 Å². The maximum absolute atomic E-state index is 12.9. The van der Waals surface area contributed by atoms with E-state index in [1.54, 1.807) is 29.2 Å². The van der Waals surface area contributed by atoms with Crippen LogP contribution in [-0.2, 0) is 9.59 Å². The molecule has 2 N–H and O–H groups in total. The van der Waals surface area contributed by atoms with Gasteiger partial charge in [-0.2, -0.15) is 0 Å². The lowest BCUT2D eigenvalue weighted by Crippen LogP contribution is -3.06. The standard InChI is InChI=1S/C24H28N2O4/c1-16(2)30-19-12-10-18(11-13-19)22(27)20-21(17-8-6-5-7-9-17)26(15-14-25(3)4)24(29)23(20)28/h5-13,16,21,27H,14-15H2,1-4H3/p+1/t21-/m0/s1. The molecule has 1 saturated heterocycles. The number of hydrogen-bond donors (Lipinski definition) is 2. The van der Waals surface area contributed by atoms with Crippen LogP contribution >= 0.6 is 0 Å². The zero-order valence-electron chi connectivity index (χ0n) is 17.9. The molecule has 1 aliphatic heterocycles. The van der Waals surface area contributed by atoms with Crippen LogP contribution in [0.1, 0.15) is 31.0 Å². The van der Waals surface area contributed by atoms with Gasteiger partial charge in [0.05, 0.1) is 44.9 Å². The summed E-state index contributed by atoms with van der Waals surface area (Å²) in [5, 5.41) is 11.0. The normalized spacial score (nSPS) is 18.5. The highest BCUT2D eigenvalue weighted by atomic mass is 16.5. The predicted octanol–water partition coefficient (Wildman–Crippen LogP) is 2.04. The van der Waals surface area contributed by atoms with Crippen molar-refractivity contribution in [3.8, 4) is 5.75 Å². The van der Waals surface area contributed by atoms with Crippen molar-refractivity contribution in [2.24, 2.45) is 0 Å². The molecule has 1 atom stereocenters. The third kappa shape index (κ3) is 4.54. The van der Waals surface area contributed by atoms with Gasteiger partial charge in [-0.3, -0.25) is 9.59 Å². The van der Waals surface area contributed by atoms with Crippen LogP contribution in [0.5, 0.6) is 5.75 Å². The highest BCUT2D eigenvalue weighted by Gasteiger charge is 2.46. The van der Waals surface area contributed by atoms with Crippen molar-refractivity contribution in [3.05, 3.63) is 71.3 Å². The smallest absolute Gasteiger partial charge is 0.295 e. The molecule has 1 fully saturated rings. The first kappa shape index (κ1) is 21.6. The van der Waals surface area contributed by atoms with Crippen molar-refractivity contribution in [1.29, 1.82) is 0 Å². The van der Waals surface area contributed by atoms with E-state index in [-0.39, 0.29) is 17.4 Å². The molecule has 1 aliphatic rings. The fourth-order valence-electron chi connectivity index (χ4n) is 3.56. The molecule has 0 unspecified atom stereocenters. The maximum atomic E-state index is 12.9. The fraction of sp³-hybridized carbons (Fsp3) is 0.333. The van der Waals surface area contributed by atoms with Crippen LogP contribution in [0.2, 0.25) is 0 Å². The second-order valence-electron chi connectivity index (χ2n) is 8.05. The molecule has 30 heavy (non-hydrogen) atoms. The van der Waals surface area contributed by atoms with Crippen molar-refractivity contribution in [2.45, 2.75) is 26.0 Å². The Morgan fingerprint density at radius 1 is 1.07 bits per heavy atom. The van der Waals surface area contributed by atoms with Gasteiger partial charge in [-0.25, -0.2) is 0 Å². The van der Waals surface area contributed by atoms with Crippen molar-refractivity contribution in [1.82, 2.24) is 4.90 Å². The van der Waals surface area contributed by atoms with Crippen molar-refractivity contribution >= 4 is 17.4 Å². The van der Waals surface area contributed by atoms with Gasteiger partial charge in [-0.15, -0.1) is 0 Å². The summed E-state index contributed by atoms with van der Waals surface area (Å²) in [6.45, 7) is 4.98. The largest absolute Gasteiger partial charge is 0.507 e. The zero-order valence-corrected chi connectivity index (χ0v) is 17.9. The van der Waals surface area contributed by atoms with Crippen LogP contribution in [0.3, 0.4) is 0 Å². The predicted molar refractivity (Wildman–Crippen MR) is 115 cm³/mol. The molecule has 0 saturated carbocycles. The number of aliphatic hydroxyl groups is 1. The Kier molecular flexibility index (Phi) is 6.57. The lowest BCUT2D eigenvalue weighted by molar-refractivity contribution is -0.857. The number of carbonyl (C=O) groups excluding carboxylic acids is 2. The molecule has 6 nitrogen and oxygen atoms in total. The summed E-state index contributed by atoms with van der Waals surface area (Å²) < 4.78 is 5.65. The topological polar surface area (TPSA) is 71.3 Å². The number of likely N-dealkylation sites (N-methyl/N-ethyl adjacent to an activating group) is 1. The van der Waals surface area contributed by atoms with Gasteiger partial charge in [0.25, 0.3) is 11.7 Å². The van der Waals surface area contributed by atoms with Crippen molar-refractivity contribution in [3.63, 3.8) is 0 Å². The van der Waals surface area contributed by atoms with E-state index in [0.29, 0.717) is 24.4 Å². The number of likely N-dealkylation sites (tertiary alicyclic amines) is 1. The monoisotopic (exact) mass is 409 g/mol. The van der Waals surface area contributed by atoms with Gasteiger partial charge in [0.1, 0.15) is 11.5 Å². The van der Waals surface area contributed by atoms with E-state index >= 15 is 0 Å². The average Bonchev–Trinajstić information content (AvgIpc) is 2.97. The Morgan fingerprint density at radius 2 is 1.70 bits per heavy atom. The summed E-state index contributed by atoms with van der Waals surface area (Å²) in [4.78, 5) is 28.5. The Balaban J connectivity index is 2.05. The highest BCUT2D eigenvalue weighted by molar-refractivity contribution is 6.46. The molecule has 0 bridgehead atoms. The number of quaternary nitrogens is 1. The molecule has 1 heterocycles. The van der Waals surface area contributed by atoms with Gasteiger partial charge in [0.2, 0.25) is 0 Å². The molecule has 158 valence electrons. The number of ketones is 1. The molecule has 0 spiro atoms. The molecule has 1 amide bonds. The van der Waals surface area contributed by atoms with Gasteiger partial charge in [0, 0.05) is 5.56 Å². The van der Waals surface area contributed by atoms with Gasteiger partial charge < -0.3 is 19.6 Å². The van der Waals surface area contributed by atoms with Gasteiger partial charge in [-0.05, 0) is 43.7 Å². The minimum absolute atomic E-state index is 0.0340. The number of Topliss-reactive ketones (excluding diaryl/α,β-unsaturated/α-hetero) is 1. The van der Waals surface area contributed by atoms with E-state index < -0.39 is 17.7 Å². The lowest BCUT2D eigenvalue weighted by atomic mass is 9.95. The molecular formula is C24H29N2O4+. The van der Waals surface area contributed by atoms with Crippen LogP contribution in [0.25, 0.3) is 5.76 Å². The Labute approximate surface area is 177 Å². The van der Waals surface area contributed by atoms with Crippen LogP contribution in [0, 0.1) is 0 Å².